The van der Waals surface area contributed by atoms with Crippen molar-refractivity contribution in [2.75, 3.05) is 0 Å². The van der Waals surface area contributed by atoms with Crippen LogP contribution in [0.15, 0.2) is 21.7 Å². The monoisotopic (exact) mass is 148 g/mol. The average molecular weight is 148 g/mol. The van der Waals surface area contributed by atoms with E-state index in [1.807, 2.05) is 17.5 Å². The molecule has 0 spiro atoms. The first-order valence-corrected chi connectivity index (χ1v) is 4.53. The maximum absolute atomic E-state index is 4.00. The Balaban J connectivity index is 2.76. The summed E-state index contributed by atoms with van der Waals surface area (Å²) in [5.41, 5.74) is 0. The number of thiophene rings is 1. The topological polar surface area (TPSA) is 0 Å². The molecule has 0 N–H and O–H groups in total. The van der Waals surface area contributed by atoms with Gasteiger partial charge < -0.3 is 0 Å². The second-order valence-electron chi connectivity index (χ2n) is 1.02. The maximum atomic E-state index is 4.00. The molecule has 0 saturated heterocycles. The number of hydrogen-bond donors (Lipinski definition) is 1. The third-order valence-electron chi connectivity index (χ3n) is 0.585. The Morgan fingerprint density at radius 2 is 2.57 bits per heavy atom. The summed E-state index contributed by atoms with van der Waals surface area (Å²) in [6.07, 6.45) is 0. The van der Waals surface area contributed by atoms with E-state index in [4.69, 9.17) is 0 Å². The van der Waals surface area contributed by atoms with Crippen molar-refractivity contribution in [3.8, 4) is 0 Å². The Kier molecular flexibility index (Phi) is 2.09. The van der Waals surface area contributed by atoms with E-state index in [9.17, 15) is 0 Å². The highest BCUT2D eigenvalue weighted by Gasteiger charge is 1.84. The van der Waals surface area contributed by atoms with Crippen LogP contribution in [0.4, 0.5) is 0 Å². The van der Waals surface area contributed by atoms with Gasteiger partial charge in [0.25, 0.3) is 0 Å². The van der Waals surface area contributed by atoms with Crippen LogP contribution in [0.1, 0.15) is 0 Å². The smallest absolute Gasteiger partial charge is 0.0703 e. The molecular weight excluding hydrogens is 144 g/mol. The van der Waals surface area contributed by atoms with E-state index in [1.54, 1.807) is 11.3 Å². The number of hydrogen-bond acceptors (Lipinski definition) is 3. The molecule has 0 aliphatic carbocycles. The molecule has 0 radical (unpaired) electrons. The van der Waals surface area contributed by atoms with Crippen LogP contribution in [0.25, 0.3) is 0 Å². The fourth-order valence-corrected chi connectivity index (χ4v) is 1.81. The van der Waals surface area contributed by atoms with E-state index in [-0.39, 0.29) is 0 Å². The van der Waals surface area contributed by atoms with Crippen LogP contribution in [0, 0.1) is 0 Å². The van der Waals surface area contributed by atoms with Gasteiger partial charge in [0, 0.05) is 0 Å². The Morgan fingerprint density at radius 1 is 1.71 bits per heavy atom. The van der Waals surface area contributed by atoms with Gasteiger partial charge in [-0.15, -0.1) is 23.0 Å². The molecule has 38 valence electrons. The minimum atomic E-state index is 1.25. The lowest BCUT2D eigenvalue weighted by atomic mass is 10.7. The lowest BCUT2D eigenvalue weighted by molar-refractivity contribution is 1.76. The summed E-state index contributed by atoms with van der Waals surface area (Å²) in [6, 6.07) is 4.06. The van der Waals surface area contributed by atoms with Crippen molar-refractivity contribution in [1.29, 1.82) is 0 Å². The normalized spacial score (nSPS) is 9.29. The summed E-state index contributed by atoms with van der Waals surface area (Å²) in [5.74, 6) is 0. The zero-order valence-corrected chi connectivity index (χ0v) is 6.02. The van der Waals surface area contributed by atoms with E-state index in [0.717, 1.165) is 0 Å². The first-order chi connectivity index (χ1) is 3.43. The fraction of sp³-hybridized carbons (Fsp3) is 0. The van der Waals surface area contributed by atoms with Crippen molar-refractivity contribution in [2.24, 2.45) is 0 Å². The summed E-state index contributed by atoms with van der Waals surface area (Å²) in [7, 11) is 1.49. The number of rotatable bonds is 1. The van der Waals surface area contributed by atoms with Crippen molar-refractivity contribution >= 4 is 33.8 Å². The highest BCUT2D eigenvalue weighted by Crippen LogP contribution is 2.25. The summed E-state index contributed by atoms with van der Waals surface area (Å²) in [5, 5.41) is 2.04. The molecule has 0 saturated carbocycles. The second kappa shape index (κ2) is 2.64. The second-order valence-corrected chi connectivity index (χ2v) is 3.40. The Hall–Kier alpha value is 0.400. The molecule has 1 aromatic rings. The predicted molar refractivity (Wildman–Crippen MR) is 39.2 cm³/mol. The first-order valence-electron chi connectivity index (χ1n) is 1.78. The molecule has 0 aliphatic heterocycles. The molecule has 0 atom stereocenters. The van der Waals surface area contributed by atoms with E-state index < -0.39 is 0 Å². The van der Waals surface area contributed by atoms with Gasteiger partial charge in [0.2, 0.25) is 0 Å². The average Bonchev–Trinajstić information content (AvgIpc) is 2.14. The molecule has 1 heterocycles. The predicted octanol–water partition coefficient (Wildman–Crippen LogP) is 2.69. The Morgan fingerprint density at radius 3 is 2.86 bits per heavy atom. The quantitative estimate of drug-likeness (QED) is 0.472. The fourth-order valence-electron chi connectivity index (χ4n) is 0.315. The Bertz CT molecular complexity index is 121. The largest absolute Gasteiger partial charge is 0.137 e. The SMILES string of the molecule is SSc1cccs1. The molecule has 0 nitrogen and oxygen atoms in total. The minimum absolute atomic E-state index is 1.25. The van der Waals surface area contributed by atoms with Crippen molar-refractivity contribution in [1.82, 2.24) is 0 Å². The molecule has 0 unspecified atom stereocenters. The van der Waals surface area contributed by atoms with Crippen LogP contribution in [0.5, 0.6) is 0 Å². The summed E-state index contributed by atoms with van der Waals surface area (Å²) < 4.78 is 1.25. The third kappa shape index (κ3) is 1.40. The number of thiol groups is 1. The van der Waals surface area contributed by atoms with Gasteiger partial charge in [-0.05, 0) is 11.4 Å². The lowest BCUT2D eigenvalue weighted by Gasteiger charge is -1.77. The summed E-state index contributed by atoms with van der Waals surface area (Å²) >= 11 is 5.71. The molecule has 0 aliphatic rings. The van der Waals surface area contributed by atoms with Gasteiger partial charge in [0.05, 0.1) is 4.21 Å². The van der Waals surface area contributed by atoms with Crippen molar-refractivity contribution in [2.45, 2.75) is 4.21 Å². The van der Waals surface area contributed by atoms with Gasteiger partial charge >= 0.3 is 0 Å². The van der Waals surface area contributed by atoms with Crippen LogP contribution in [-0.2, 0) is 0 Å². The zero-order valence-electron chi connectivity index (χ0n) is 3.50. The minimum Gasteiger partial charge on any atom is -0.137 e. The summed E-state index contributed by atoms with van der Waals surface area (Å²) in [6.45, 7) is 0. The van der Waals surface area contributed by atoms with Crippen molar-refractivity contribution in [3.05, 3.63) is 17.5 Å². The molecular formula is C4H4S3. The molecule has 1 rings (SSSR count). The molecule has 1 aromatic heterocycles. The van der Waals surface area contributed by atoms with Gasteiger partial charge in [-0.3, -0.25) is 0 Å². The van der Waals surface area contributed by atoms with Gasteiger partial charge in [0.1, 0.15) is 0 Å². The standard InChI is InChI=1S/C4H4S3/c5-7-4-2-1-3-6-4/h1-3,5H. The van der Waals surface area contributed by atoms with Gasteiger partial charge in [-0.2, -0.15) is 0 Å². The van der Waals surface area contributed by atoms with Crippen LogP contribution in [0.2, 0.25) is 0 Å². The van der Waals surface area contributed by atoms with E-state index in [0.29, 0.717) is 0 Å². The Labute approximate surface area is 55.7 Å². The highest BCUT2D eigenvalue weighted by atomic mass is 33.1. The third-order valence-corrected chi connectivity index (χ3v) is 3.06. The lowest BCUT2D eigenvalue weighted by Crippen LogP contribution is -1.39. The maximum Gasteiger partial charge on any atom is 0.0703 e. The van der Waals surface area contributed by atoms with Gasteiger partial charge in [0.15, 0.2) is 0 Å². The molecule has 0 fully saturated rings. The zero-order chi connectivity index (χ0) is 5.11. The molecule has 3 heteroatoms. The van der Waals surface area contributed by atoms with Crippen molar-refractivity contribution < 1.29 is 0 Å². The van der Waals surface area contributed by atoms with E-state index in [1.165, 1.54) is 15.0 Å². The van der Waals surface area contributed by atoms with Crippen LogP contribution >= 0.6 is 33.8 Å². The van der Waals surface area contributed by atoms with Crippen LogP contribution in [-0.4, -0.2) is 0 Å². The van der Waals surface area contributed by atoms with Crippen LogP contribution in [0.3, 0.4) is 0 Å². The highest BCUT2D eigenvalue weighted by molar-refractivity contribution is 8.69. The van der Waals surface area contributed by atoms with Crippen molar-refractivity contribution in [3.63, 3.8) is 0 Å². The van der Waals surface area contributed by atoms with Gasteiger partial charge in [-0.25, -0.2) is 0 Å². The molecule has 0 amide bonds. The van der Waals surface area contributed by atoms with Gasteiger partial charge in [-0.1, -0.05) is 16.9 Å². The molecule has 0 aromatic carbocycles. The molecule has 0 bridgehead atoms. The van der Waals surface area contributed by atoms with Crippen LogP contribution < -0.4 is 0 Å². The molecule has 7 heavy (non-hydrogen) atoms. The van der Waals surface area contributed by atoms with E-state index >= 15 is 0 Å². The summed E-state index contributed by atoms with van der Waals surface area (Å²) in [4.78, 5) is 0. The van der Waals surface area contributed by atoms with E-state index in [2.05, 4.69) is 11.7 Å². The first kappa shape index (κ1) is 5.54.